The lowest BCUT2D eigenvalue weighted by Gasteiger charge is -2.07. The van der Waals surface area contributed by atoms with Crippen molar-refractivity contribution in [1.82, 2.24) is 9.78 Å². The summed E-state index contributed by atoms with van der Waals surface area (Å²) in [5.41, 5.74) is 2.52. The monoisotopic (exact) mass is 332 g/mol. The molecule has 2 rings (SSSR count). The van der Waals surface area contributed by atoms with Crippen molar-refractivity contribution in [1.29, 1.82) is 5.26 Å². The van der Waals surface area contributed by atoms with E-state index in [1.54, 1.807) is 36.0 Å². The fourth-order valence-corrected chi connectivity index (χ4v) is 2.26. The third-order valence-electron chi connectivity index (χ3n) is 2.87. The number of carbonyl (C=O) groups excluding carboxylic acids is 1. The average Bonchev–Trinajstić information content (AvgIpc) is 2.82. The molecule has 1 aromatic heterocycles. The zero-order valence-corrected chi connectivity index (χ0v) is 12.7. The maximum atomic E-state index is 12.2. The SMILES string of the molecule is CCc1cc(C(=O)Nc2ccc(C#N)cc2Br)n(C)n1. The van der Waals surface area contributed by atoms with Crippen LogP contribution in [-0.2, 0) is 13.5 Å². The topological polar surface area (TPSA) is 70.7 Å². The first-order valence-corrected chi connectivity index (χ1v) is 6.88. The molecule has 0 aliphatic rings. The van der Waals surface area contributed by atoms with Gasteiger partial charge in [-0.3, -0.25) is 9.48 Å². The second-order valence-corrected chi connectivity index (χ2v) is 5.11. The number of hydrogen-bond acceptors (Lipinski definition) is 3. The first-order valence-electron chi connectivity index (χ1n) is 6.09. The molecule has 102 valence electrons. The quantitative estimate of drug-likeness (QED) is 0.939. The van der Waals surface area contributed by atoms with E-state index in [0.29, 0.717) is 21.4 Å². The zero-order chi connectivity index (χ0) is 14.7. The largest absolute Gasteiger partial charge is 0.320 e. The second-order valence-electron chi connectivity index (χ2n) is 4.26. The molecule has 1 amide bonds. The molecule has 0 aliphatic heterocycles. The van der Waals surface area contributed by atoms with E-state index in [9.17, 15) is 4.79 Å². The molecule has 1 N–H and O–H groups in total. The number of nitriles is 1. The maximum absolute atomic E-state index is 12.2. The van der Waals surface area contributed by atoms with Crippen molar-refractivity contribution in [3.63, 3.8) is 0 Å². The molecule has 1 heterocycles. The Bertz CT molecular complexity index is 700. The van der Waals surface area contributed by atoms with Crippen molar-refractivity contribution in [2.24, 2.45) is 7.05 Å². The fourth-order valence-electron chi connectivity index (χ4n) is 1.78. The summed E-state index contributed by atoms with van der Waals surface area (Å²) in [5.74, 6) is -0.231. The smallest absolute Gasteiger partial charge is 0.273 e. The van der Waals surface area contributed by atoms with Gasteiger partial charge in [-0.1, -0.05) is 6.92 Å². The van der Waals surface area contributed by atoms with Crippen molar-refractivity contribution < 1.29 is 4.79 Å². The number of nitrogens with zero attached hydrogens (tertiary/aromatic N) is 3. The lowest BCUT2D eigenvalue weighted by Crippen LogP contribution is -2.16. The van der Waals surface area contributed by atoms with Crippen molar-refractivity contribution in [3.8, 4) is 6.07 Å². The molecule has 0 aliphatic carbocycles. The minimum Gasteiger partial charge on any atom is -0.320 e. The molecule has 20 heavy (non-hydrogen) atoms. The summed E-state index contributed by atoms with van der Waals surface area (Å²) < 4.78 is 2.23. The highest BCUT2D eigenvalue weighted by molar-refractivity contribution is 9.10. The number of carbonyl (C=O) groups is 1. The van der Waals surface area contributed by atoms with Crippen LogP contribution in [0.3, 0.4) is 0 Å². The number of benzene rings is 1. The van der Waals surface area contributed by atoms with Crippen molar-refractivity contribution in [3.05, 3.63) is 45.7 Å². The molecular weight excluding hydrogens is 320 g/mol. The Kier molecular flexibility index (Phi) is 4.20. The van der Waals surface area contributed by atoms with Gasteiger partial charge in [0.1, 0.15) is 5.69 Å². The van der Waals surface area contributed by atoms with Gasteiger partial charge in [0.05, 0.1) is 23.0 Å². The van der Waals surface area contributed by atoms with Crippen LogP contribution in [0.1, 0.15) is 28.7 Å². The van der Waals surface area contributed by atoms with Crippen LogP contribution in [0.5, 0.6) is 0 Å². The van der Waals surface area contributed by atoms with Gasteiger partial charge in [0.15, 0.2) is 0 Å². The van der Waals surface area contributed by atoms with Gasteiger partial charge in [0.2, 0.25) is 0 Å². The molecule has 5 nitrogen and oxygen atoms in total. The second kappa shape index (κ2) is 5.88. The summed E-state index contributed by atoms with van der Waals surface area (Å²) in [5, 5.41) is 15.9. The molecule has 1 aromatic carbocycles. The summed E-state index contributed by atoms with van der Waals surface area (Å²) in [6.45, 7) is 1.99. The maximum Gasteiger partial charge on any atom is 0.273 e. The van der Waals surface area contributed by atoms with Gasteiger partial charge < -0.3 is 5.32 Å². The Morgan fingerprint density at radius 3 is 2.80 bits per heavy atom. The van der Waals surface area contributed by atoms with Gasteiger partial charge in [-0.15, -0.1) is 0 Å². The number of amides is 1. The molecule has 0 unspecified atom stereocenters. The minimum absolute atomic E-state index is 0.231. The highest BCUT2D eigenvalue weighted by atomic mass is 79.9. The normalized spacial score (nSPS) is 10.1. The minimum atomic E-state index is -0.231. The molecule has 6 heteroatoms. The van der Waals surface area contributed by atoms with Gasteiger partial charge >= 0.3 is 0 Å². The van der Waals surface area contributed by atoms with Crippen LogP contribution in [0.25, 0.3) is 0 Å². The van der Waals surface area contributed by atoms with E-state index in [0.717, 1.165) is 12.1 Å². The van der Waals surface area contributed by atoms with Gasteiger partial charge in [-0.25, -0.2) is 0 Å². The molecule has 0 spiro atoms. The summed E-state index contributed by atoms with van der Waals surface area (Å²) in [4.78, 5) is 12.2. The van der Waals surface area contributed by atoms with E-state index in [4.69, 9.17) is 5.26 Å². The highest BCUT2D eigenvalue weighted by Gasteiger charge is 2.14. The molecule has 0 atom stereocenters. The number of halogens is 1. The summed E-state index contributed by atoms with van der Waals surface area (Å²) >= 11 is 3.34. The summed E-state index contributed by atoms with van der Waals surface area (Å²) in [6.07, 6.45) is 0.779. The fraction of sp³-hybridized carbons (Fsp3) is 0.214. The molecule has 2 aromatic rings. The van der Waals surface area contributed by atoms with Gasteiger partial charge in [-0.2, -0.15) is 10.4 Å². The number of rotatable bonds is 3. The summed E-state index contributed by atoms with van der Waals surface area (Å²) in [6, 6.07) is 8.82. The Balaban J connectivity index is 2.23. The zero-order valence-electron chi connectivity index (χ0n) is 11.1. The first kappa shape index (κ1) is 14.3. The van der Waals surface area contributed by atoms with Crippen LogP contribution >= 0.6 is 15.9 Å². The lowest BCUT2D eigenvalue weighted by atomic mass is 10.2. The number of nitrogens with one attached hydrogen (secondary N) is 1. The van der Waals surface area contributed by atoms with Gasteiger partial charge in [-0.05, 0) is 46.6 Å². The molecule has 0 saturated heterocycles. The number of aromatic nitrogens is 2. The van der Waals surface area contributed by atoms with Crippen molar-refractivity contribution in [2.45, 2.75) is 13.3 Å². The molecule has 0 fully saturated rings. The van der Waals surface area contributed by atoms with E-state index in [-0.39, 0.29) is 5.91 Å². The standard InChI is InChI=1S/C14H13BrN4O/c1-3-10-7-13(19(2)18-10)14(20)17-12-5-4-9(8-16)6-11(12)15/h4-7H,3H2,1-2H3,(H,17,20). The van der Waals surface area contributed by atoms with Crippen LogP contribution in [0.4, 0.5) is 5.69 Å². The number of aryl methyl sites for hydroxylation is 2. The van der Waals surface area contributed by atoms with E-state index >= 15 is 0 Å². The Morgan fingerprint density at radius 2 is 2.25 bits per heavy atom. The third-order valence-corrected chi connectivity index (χ3v) is 3.53. The van der Waals surface area contributed by atoms with Crippen LogP contribution in [0.2, 0.25) is 0 Å². The molecular formula is C14H13BrN4O. The van der Waals surface area contributed by atoms with Crippen LogP contribution in [0.15, 0.2) is 28.7 Å². The van der Waals surface area contributed by atoms with E-state index in [1.807, 2.05) is 13.0 Å². The van der Waals surface area contributed by atoms with E-state index < -0.39 is 0 Å². The number of hydrogen-bond donors (Lipinski definition) is 1. The molecule has 0 bridgehead atoms. The van der Waals surface area contributed by atoms with Crippen LogP contribution in [-0.4, -0.2) is 15.7 Å². The van der Waals surface area contributed by atoms with Gasteiger partial charge in [0.25, 0.3) is 5.91 Å². The lowest BCUT2D eigenvalue weighted by molar-refractivity contribution is 0.101. The van der Waals surface area contributed by atoms with E-state index in [2.05, 4.69) is 26.3 Å². The third kappa shape index (κ3) is 2.89. The Morgan fingerprint density at radius 1 is 1.50 bits per heavy atom. The average molecular weight is 333 g/mol. The van der Waals surface area contributed by atoms with Gasteiger partial charge in [0, 0.05) is 11.5 Å². The van der Waals surface area contributed by atoms with Crippen LogP contribution < -0.4 is 5.32 Å². The molecule has 0 saturated carbocycles. The first-order chi connectivity index (χ1) is 9.55. The van der Waals surface area contributed by atoms with Crippen LogP contribution in [0, 0.1) is 11.3 Å². The van der Waals surface area contributed by atoms with Crippen molar-refractivity contribution >= 4 is 27.5 Å². The van der Waals surface area contributed by atoms with E-state index in [1.165, 1.54) is 0 Å². The predicted molar refractivity (Wildman–Crippen MR) is 79.4 cm³/mol. The molecule has 0 radical (unpaired) electrons. The van der Waals surface area contributed by atoms with Crippen molar-refractivity contribution in [2.75, 3.05) is 5.32 Å². The Hall–Kier alpha value is -2.13. The predicted octanol–water partition coefficient (Wildman–Crippen LogP) is 2.87. The highest BCUT2D eigenvalue weighted by Crippen LogP contribution is 2.24. The Labute approximate surface area is 125 Å². The number of anilines is 1. The summed E-state index contributed by atoms with van der Waals surface area (Å²) in [7, 11) is 1.74.